The van der Waals surface area contributed by atoms with Gasteiger partial charge in [0.05, 0.1) is 7.11 Å². The van der Waals surface area contributed by atoms with Gasteiger partial charge in [-0.2, -0.15) is 0 Å². The number of ether oxygens (including phenoxy) is 1. The van der Waals surface area contributed by atoms with Crippen LogP contribution in [0.25, 0.3) is 0 Å². The van der Waals surface area contributed by atoms with E-state index >= 15 is 0 Å². The number of nitrogens with two attached hydrogens (primary N) is 1. The summed E-state index contributed by atoms with van der Waals surface area (Å²) in [5.74, 6) is 1.57. The molecule has 2 heteroatoms. The van der Waals surface area contributed by atoms with Crippen molar-refractivity contribution in [2.75, 3.05) is 7.11 Å². The number of rotatable bonds is 3. The second kappa shape index (κ2) is 5.54. The van der Waals surface area contributed by atoms with Gasteiger partial charge >= 0.3 is 0 Å². The van der Waals surface area contributed by atoms with Crippen LogP contribution in [0.1, 0.15) is 44.2 Å². The number of benzene rings is 1. The van der Waals surface area contributed by atoms with Crippen LogP contribution >= 0.6 is 0 Å². The van der Waals surface area contributed by atoms with Crippen molar-refractivity contribution < 1.29 is 4.74 Å². The van der Waals surface area contributed by atoms with E-state index in [-0.39, 0.29) is 0 Å². The molecule has 2 N–H and O–H groups in total. The van der Waals surface area contributed by atoms with Gasteiger partial charge in [0.15, 0.2) is 0 Å². The van der Waals surface area contributed by atoms with Crippen LogP contribution in [0.2, 0.25) is 0 Å². The lowest BCUT2D eigenvalue weighted by molar-refractivity contribution is 0.156. The van der Waals surface area contributed by atoms with Crippen molar-refractivity contribution in [3.05, 3.63) is 29.3 Å². The van der Waals surface area contributed by atoms with Crippen molar-refractivity contribution in [1.82, 2.24) is 0 Å². The zero-order valence-electron chi connectivity index (χ0n) is 12.7. The third-order valence-electron chi connectivity index (χ3n) is 4.49. The molecule has 0 saturated heterocycles. The fourth-order valence-corrected chi connectivity index (χ4v) is 3.33. The van der Waals surface area contributed by atoms with E-state index in [0.29, 0.717) is 17.4 Å². The minimum atomic E-state index is 0.332. The highest BCUT2D eigenvalue weighted by Crippen LogP contribution is 2.40. The Kier molecular flexibility index (Phi) is 4.19. The Labute approximate surface area is 117 Å². The van der Waals surface area contributed by atoms with Crippen LogP contribution in [-0.4, -0.2) is 13.2 Å². The summed E-state index contributed by atoms with van der Waals surface area (Å²) in [5.41, 5.74) is 9.36. The first-order valence-corrected chi connectivity index (χ1v) is 7.30. The molecule has 1 aliphatic carbocycles. The first kappa shape index (κ1) is 14.4. The number of methoxy groups -OCH3 is 1. The van der Waals surface area contributed by atoms with Crippen LogP contribution in [0.5, 0.6) is 5.75 Å². The third-order valence-corrected chi connectivity index (χ3v) is 4.49. The van der Waals surface area contributed by atoms with Crippen molar-refractivity contribution in [1.29, 1.82) is 0 Å². The summed E-state index contributed by atoms with van der Waals surface area (Å²) in [6.07, 6.45) is 4.64. The molecule has 2 nitrogen and oxygen atoms in total. The topological polar surface area (TPSA) is 35.2 Å². The number of hydrogen-bond donors (Lipinski definition) is 1. The number of aryl methyl sites for hydroxylation is 1. The minimum absolute atomic E-state index is 0.332. The predicted molar refractivity (Wildman–Crippen MR) is 80.5 cm³/mol. The minimum Gasteiger partial charge on any atom is -0.496 e. The Balaban J connectivity index is 2.17. The molecule has 106 valence electrons. The second-order valence-electron chi connectivity index (χ2n) is 6.85. The van der Waals surface area contributed by atoms with Crippen molar-refractivity contribution in [3.63, 3.8) is 0 Å². The summed E-state index contributed by atoms with van der Waals surface area (Å²) in [5, 5.41) is 0. The van der Waals surface area contributed by atoms with E-state index < -0.39 is 0 Å². The Morgan fingerprint density at radius 1 is 1.37 bits per heavy atom. The van der Waals surface area contributed by atoms with Crippen LogP contribution < -0.4 is 10.5 Å². The van der Waals surface area contributed by atoms with Crippen LogP contribution in [0, 0.1) is 18.3 Å². The van der Waals surface area contributed by atoms with Gasteiger partial charge in [-0.05, 0) is 55.6 Å². The maximum atomic E-state index is 6.34. The molecule has 0 bridgehead atoms. The highest BCUT2D eigenvalue weighted by Gasteiger charge is 2.33. The molecule has 1 saturated carbocycles. The van der Waals surface area contributed by atoms with E-state index in [1.54, 1.807) is 7.11 Å². The molecule has 2 atom stereocenters. The van der Waals surface area contributed by atoms with E-state index in [2.05, 4.69) is 39.0 Å². The lowest BCUT2D eigenvalue weighted by Gasteiger charge is -2.39. The Hall–Kier alpha value is -1.02. The first-order chi connectivity index (χ1) is 8.91. The number of hydrogen-bond acceptors (Lipinski definition) is 2. The molecule has 2 unspecified atom stereocenters. The van der Waals surface area contributed by atoms with Crippen molar-refractivity contribution in [3.8, 4) is 5.75 Å². The van der Waals surface area contributed by atoms with Gasteiger partial charge in [0, 0.05) is 6.04 Å². The molecule has 0 amide bonds. The van der Waals surface area contributed by atoms with E-state index in [0.717, 1.165) is 18.6 Å². The monoisotopic (exact) mass is 261 g/mol. The summed E-state index contributed by atoms with van der Waals surface area (Å²) >= 11 is 0. The largest absolute Gasteiger partial charge is 0.496 e. The van der Waals surface area contributed by atoms with Crippen molar-refractivity contribution in [2.24, 2.45) is 17.1 Å². The Morgan fingerprint density at radius 2 is 2.11 bits per heavy atom. The summed E-state index contributed by atoms with van der Waals surface area (Å²) in [6, 6.07) is 6.75. The molecule has 1 aromatic carbocycles. The fourth-order valence-electron chi connectivity index (χ4n) is 3.33. The van der Waals surface area contributed by atoms with Crippen LogP contribution in [0.3, 0.4) is 0 Å². The van der Waals surface area contributed by atoms with Gasteiger partial charge < -0.3 is 10.5 Å². The highest BCUT2D eigenvalue weighted by molar-refractivity contribution is 5.37. The van der Waals surface area contributed by atoms with E-state index in [4.69, 9.17) is 10.5 Å². The first-order valence-electron chi connectivity index (χ1n) is 7.30. The van der Waals surface area contributed by atoms with Gasteiger partial charge in [-0.25, -0.2) is 0 Å². The van der Waals surface area contributed by atoms with Gasteiger partial charge in [-0.15, -0.1) is 0 Å². The second-order valence-corrected chi connectivity index (χ2v) is 6.85. The normalized spacial score (nSPS) is 26.2. The molecule has 0 radical (unpaired) electrons. The standard InChI is InChI=1S/C17H27NO/c1-12-5-6-16(19-4)13(9-12)10-14-11-17(2,3)8-7-15(14)18/h5-6,9,14-15H,7-8,10-11,18H2,1-4H3. The molecule has 2 rings (SSSR count). The van der Waals surface area contributed by atoms with Crippen molar-refractivity contribution >= 4 is 0 Å². The average molecular weight is 261 g/mol. The third kappa shape index (κ3) is 3.50. The lowest BCUT2D eigenvalue weighted by Crippen LogP contribution is -2.40. The smallest absolute Gasteiger partial charge is 0.122 e. The summed E-state index contributed by atoms with van der Waals surface area (Å²) < 4.78 is 5.49. The molecule has 1 fully saturated rings. The predicted octanol–water partition coefficient (Wildman–Crippen LogP) is 3.70. The molecule has 1 aromatic rings. The molecule has 19 heavy (non-hydrogen) atoms. The van der Waals surface area contributed by atoms with Gasteiger partial charge in [-0.3, -0.25) is 0 Å². The van der Waals surface area contributed by atoms with E-state index in [1.807, 2.05) is 0 Å². The van der Waals surface area contributed by atoms with Gasteiger partial charge in [-0.1, -0.05) is 31.5 Å². The highest BCUT2D eigenvalue weighted by atomic mass is 16.5. The SMILES string of the molecule is COc1ccc(C)cc1CC1CC(C)(C)CCC1N. The maximum Gasteiger partial charge on any atom is 0.122 e. The Morgan fingerprint density at radius 3 is 2.79 bits per heavy atom. The zero-order valence-corrected chi connectivity index (χ0v) is 12.7. The molecular weight excluding hydrogens is 234 g/mol. The van der Waals surface area contributed by atoms with Crippen LogP contribution in [-0.2, 0) is 6.42 Å². The average Bonchev–Trinajstić information content (AvgIpc) is 2.34. The van der Waals surface area contributed by atoms with E-state index in [1.165, 1.54) is 24.0 Å². The van der Waals surface area contributed by atoms with Gasteiger partial charge in [0.1, 0.15) is 5.75 Å². The summed E-state index contributed by atoms with van der Waals surface area (Å²) in [7, 11) is 1.75. The molecular formula is C17H27NO. The molecule has 0 aromatic heterocycles. The van der Waals surface area contributed by atoms with Gasteiger partial charge in [0.25, 0.3) is 0 Å². The van der Waals surface area contributed by atoms with Crippen LogP contribution in [0.15, 0.2) is 18.2 Å². The summed E-state index contributed by atoms with van der Waals surface area (Å²) in [6.45, 7) is 6.85. The van der Waals surface area contributed by atoms with Gasteiger partial charge in [0.2, 0.25) is 0 Å². The maximum absolute atomic E-state index is 6.34. The fraction of sp³-hybridized carbons (Fsp3) is 0.647. The molecule has 1 aliphatic rings. The Bertz CT molecular complexity index is 439. The zero-order chi connectivity index (χ0) is 14.0. The lowest BCUT2D eigenvalue weighted by atomic mass is 9.68. The van der Waals surface area contributed by atoms with Crippen LogP contribution in [0.4, 0.5) is 0 Å². The molecule has 0 heterocycles. The van der Waals surface area contributed by atoms with E-state index in [9.17, 15) is 0 Å². The quantitative estimate of drug-likeness (QED) is 0.900. The van der Waals surface area contributed by atoms with Crippen molar-refractivity contribution in [2.45, 2.75) is 52.5 Å². The molecule has 0 spiro atoms. The molecule has 0 aliphatic heterocycles. The summed E-state index contributed by atoms with van der Waals surface area (Å²) in [4.78, 5) is 0.